The summed E-state index contributed by atoms with van der Waals surface area (Å²) in [5.74, 6) is -0.0199. The maximum absolute atomic E-state index is 13.1. The maximum atomic E-state index is 13.1. The van der Waals surface area contributed by atoms with E-state index < -0.39 is 0 Å². The largest absolute Gasteiger partial charge is 0.288 e. The topological polar surface area (TPSA) is 17.1 Å². The number of carbonyl (C=O) groups excluding carboxylic acids is 1. The van der Waals surface area contributed by atoms with Crippen LogP contribution < -0.4 is 0 Å². The zero-order valence-electron chi connectivity index (χ0n) is 14.5. The number of ketones is 1. The predicted octanol–water partition coefficient (Wildman–Crippen LogP) is 7.84. The van der Waals surface area contributed by atoms with Crippen LogP contribution in [-0.4, -0.2) is 12.0 Å². The molecule has 3 aromatic carbocycles. The van der Waals surface area contributed by atoms with Gasteiger partial charge in [0.25, 0.3) is 0 Å². The number of rotatable bonds is 6. The summed E-state index contributed by atoms with van der Waals surface area (Å²) >= 11 is 12.6. The monoisotopic (exact) mass is 474 g/mol. The smallest absolute Gasteiger partial charge is 0.199 e. The second-order valence-electron chi connectivity index (χ2n) is 5.67. The van der Waals surface area contributed by atoms with Crippen LogP contribution in [0.3, 0.4) is 0 Å². The van der Waals surface area contributed by atoms with Crippen LogP contribution in [0.5, 0.6) is 0 Å². The summed E-state index contributed by atoms with van der Waals surface area (Å²) in [5.41, 5.74) is 1.62. The average Bonchev–Trinajstić information content (AvgIpc) is 2.70. The van der Waals surface area contributed by atoms with Crippen LogP contribution in [0.15, 0.2) is 92.0 Å². The minimum atomic E-state index is -0.0199. The Bertz CT molecular complexity index is 949. The first-order valence-electron chi connectivity index (χ1n) is 8.14. The molecule has 0 aliphatic carbocycles. The van der Waals surface area contributed by atoms with Crippen molar-refractivity contribution in [2.24, 2.45) is 0 Å². The van der Waals surface area contributed by atoms with Crippen molar-refractivity contribution in [1.29, 1.82) is 0 Å². The van der Waals surface area contributed by atoms with Gasteiger partial charge in [0.2, 0.25) is 0 Å². The maximum Gasteiger partial charge on any atom is 0.199 e. The molecule has 1 nitrogen and oxygen atoms in total. The van der Waals surface area contributed by atoms with E-state index >= 15 is 0 Å². The lowest BCUT2D eigenvalue weighted by Gasteiger charge is -2.08. The Morgan fingerprint density at radius 2 is 1.48 bits per heavy atom. The Kier molecular flexibility index (Phi) is 7.25. The minimum absolute atomic E-state index is 0.0199. The van der Waals surface area contributed by atoms with Crippen LogP contribution in [0, 0.1) is 0 Å². The Morgan fingerprint density at radius 3 is 2.07 bits per heavy atom. The molecule has 0 heterocycles. The molecule has 0 bridgehead atoms. The van der Waals surface area contributed by atoms with E-state index in [1.54, 1.807) is 36.0 Å². The SMILES string of the molecule is CSc1ccc(C=C(Sc2ccc(Br)cc2)C(=O)c2ccc(Cl)cc2)cc1. The van der Waals surface area contributed by atoms with Crippen molar-refractivity contribution >= 4 is 62.9 Å². The molecular formula is C22H16BrClOS2. The molecule has 5 heteroatoms. The average molecular weight is 476 g/mol. The standard InChI is InChI=1S/C22H16BrClOS2/c1-26-19-10-2-15(3-11-19)14-21(27-20-12-6-17(23)7-13-20)22(25)16-4-8-18(24)9-5-16/h2-14H,1H3. The van der Waals surface area contributed by atoms with E-state index in [4.69, 9.17) is 11.6 Å². The van der Waals surface area contributed by atoms with E-state index in [1.807, 2.05) is 48.7 Å². The van der Waals surface area contributed by atoms with Crippen LogP contribution >= 0.6 is 51.1 Å². The first-order chi connectivity index (χ1) is 13.0. The number of hydrogen-bond acceptors (Lipinski definition) is 3. The summed E-state index contributed by atoms with van der Waals surface area (Å²) in [6, 6.07) is 23.1. The van der Waals surface area contributed by atoms with Gasteiger partial charge in [-0.2, -0.15) is 0 Å². The molecule has 0 aliphatic heterocycles. The van der Waals surface area contributed by atoms with Gasteiger partial charge in [0.1, 0.15) is 0 Å². The van der Waals surface area contributed by atoms with E-state index in [1.165, 1.54) is 16.7 Å². The number of hydrogen-bond donors (Lipinski definition) is 0. The molecule has 0 amide bonds. The van der Waals surface area contributed by atoms with E-state index in [9.17, 15) is 4.79 Å². The highest BCUT2D eigenvalue weighted by atomic mass is 79.9. The van der Waals surface area contributed by atoms with Crippen LogP contribution in [0.25, 0.3) is 6.08 Å². The van der Waals surface area contributed by atoms with E-state index in [0.29, 0.717) is 15.5 Å². The fraction of sp³-hybridized carbons (Fsp3) is 0.0455. The summed E-state index contributed by atoms with van der Waals surface area (Å²) in [4.78, 5) is 16.0. The first-order valence-corrected chi connectivity index (χ1v) is 11.4. The van der Waals surface area contributed by atoms with Crippen molar-refractivity contribution in [2.75, 3.05) is 6.26 Å². The minimum Gasteiger partial charge on any atom is -0.288 e. The van der Waals surface area contributed by atoms with Crippen molar-refractivity contribution in [3.8, 4) is 0 Å². The Morgan fingerprint density at radius 1 is 0.889 bits per heavy atom. The molecule has 27 heavy (non-hydrogen) atoms. The van der Waals surface area contributed by atoms with Gasteiger partial charge in [0.05, 0.1) is 4.91 Å². The third kappa shape index (κ3) is 5.76. The lowest BCUT2D eigenvalue weighted by molar-refractivity contribution is 0.104. The molecule has 0 atom stereocenters. The fourth-order valence-electron chi connectivity index (χ4n) is 2.37. The summed E-state index contributed by atoms with van der Waals surface area (Å²) in [6.45, 7) is 0. The van der Waals surface area contributed by atoms with Gasteiger partial charge in [-0.3, -0.25) is 4.79 Å². The lowest BCUT2D eigenvalue weighted by Crippen LogP contribution is -2.00. The van der Waals surface area contributed by atoms with Gasteiger partial charge in [0, 0.05) is 24.8 Å². The van der Waals surface area contributed by atoms with Gasteiger partial charge in [-0.05, 0) is 78.6 Å². The Hall–Kier alpha value is -1.46. The van der Waals surface area contributed by atoms with Crippen molar-refractivity contribution in [3.05, 3.63) is 98.3 Å². The zero-order chi connectivity index (χ0) is 19.2. The molecule has 0 saturated carbocycles. The Balaban J connectivity index is 1.96. The van der Waals surface area contributed by atoms with Crippen molar-refractivity contribution in [3.63, 3.8) is 0 Å². The van der Waals surface area contributed by atoms with Gasteiger partial charge >= 0.3 is 0 Å². The lowest BCUT2D eigenvalue weighted by atomic mass is 10.1. The van der Waals surface area contributed by atoms with E-state index in [-0.39, 0.29) is 5.78 Å². The molecule has 0 N–H and O–H groups in total. The molecule has 0 aliphatic rings. The summed E-state index contributed by atoms with van der Waals surface area (Å²) < 4.78 is 1.01. The highest BCUT2D eigenvalue weighted by molar-refractivity contribution is 9.10. The molecule has 3 aromatic rings. The van der Waals surface area contributed by atoms with Crippen LogP contribution in [0.2, 0.25) is 5.02 Å². The van der Waals surface area contributed by atoms with Crippen molar-refractivity contribution < 1.29 is 4.79 Å². The number of halogens is 2. The van der Waals surface area contributed by atoms with Gasteiger partial charge < -0.3 is 0 Å². The van der Waals surface area contributed by atoms with Gasteiger partial charge in [-0.15, -0.1) is 11.8 Å². The normalized spacial score (nSPS) is 11.4. The first kappa shape index (κ1) is 20.3. The molecule has 0 spiro atoms. The highest BCUT2D eigenvalue weighted by Crippen LogP contribution is 2.32. The third-order valence-corrected chi connectivity index (χ3v) is 6.34. The second kappa shape index (κ2) is 9.65. The van der Waals surface area contributed by atoms with Crippen molar-refractivity contribution in [1.82, 2.24) is 0 Å². The Labute approximate surface area is 181 Å². The molecular weight excluding hydrogens is 460 g/mol. The van der Waals surface area contributed by atoms with E-state index in [2.05, 4.69) is 28.1 Å². The molecule has 0 aromatic heterocycles. The van der Waals surface area contributed by atoms with Gasteiger partial charge in [0.15, 0.2) is 5.78 Å². The van der Waals surface area contributed by atoms with Gasteiger partial charge in [-0.25, -0.2) is 0 Å². The zero-order valence-corrected chi connectivity index (χ0v) is 18.5. The fourth-order valence-corrected chi connectivity index (χ4v) is 4.10. The summed E-state index contributed by atoms with van der Waals surface area (Å²) in [7, 11) is 0. The van der Waals surface area contributed by atoms with E-state index in [0.717, 1.165) is 14.9 Å². The van der Waals surface area contributed by atoms with Crippen molar-refractivity contribution in [2.45, 2.75) is 9.79 Å². The molecule has 0 fully saturated rings. The molecule has 0 radical (unpaired) electrons. The molecule has 136 valence electrons. The molecule has 0 saturated heterocycles. The number of thioether (sulfide) groups is 2. The predicted molar refractivity (Wildman–Crippen MR) is 122 cm³/mol. The highest BCUT2D eigenvalue weighted by Gasteiger charge is 2.14. The molecule has 0 unspecified atom stereocenters. The van der Waals surface area contributed by atoms with Crippen LogP contribution in [0.1, 0.15) is 15.9 Å². The number of benzene rings is 3. The van der Waals surface area contributed by atoms with Gasteiger partial charge in [-0.1, -0.05) is 51.4 Å². The quantitative estimate of drug-likeness (QED) is 0.205. The van der Waals surface area contributed by atoms with Crippen LogP contribution in [-0.2, 0) is 0 Å². The second-order valence-corrected chi connectivity index (χ2v) is 9.02. The number of allylic oxidation sites excluding steroid dienone is 1. The summed E-state index contributed by atoms with van der Waals surface area (Å²) in [6.07, 6.45) is 3.98. The number of Topliss-reactive ketones (excluding diaryl/α,β-unsaturated/α-hetero) is 1. The number of carbonyl (C=O) groups is 1. The third-order valence-electron chi connectivity index (χ3n) is 3.79. The van der Waals surface area contributed by atoms with Crippen LogP contribution in [0.4, 0.5) is 0 Å². The molecule has 3 rings (SSSR count). The summed E-state index contributed by atoms with van der Waals surface area (Å²) in [5, 5.41) is 0.616.